The highest BCUT2D eigenvalue weighted by Gasteiger charge is 2.21. The van der Waals surface area contributed by atoms with Crippen LogP contribution < -0.4 is 0 Å². The van der Waals surface area contributed by atoms with Crippen molar-refractivity contribution in [3.05, 3.63) is 23.3 Å². The van der Waals surface area contributed by atoms with Crippen LogP contribution in [0.4, 0.5) is 0 Å². The number of nitrogens with zero attached hydrogens (tertiary/aromatic N) is 1. The highest BCUT2D eigenvalue weighted by molar-refractivity contribution is 5.49. The molecule has 0 unspecified atom stereocenters. The molecule has 4 heteroatoms. The van der Waals surface area contributed by atoms with Crippen LogP contribution in [0.25, 0.3) is 0 Å². The quantitative estimate of drug-likeness (QED) is 0.553. The second kappa shape index (κ2) is 2.81. The standard InChI is InChI=1S/C9H11NO3/c11-5-10-8(12)6-3-1-2-4-7(6)9(10)13/h1-2,11-13H,3-5H2. The lowest BCUT2D eigenvalue weighted by atomic mass is 10.0. The lowest BCUT2D eigenvalue weighted by Crippen LogP contribution is -1.94. The van der Waals surface area contributed by atoms with Crippen LogP contribution in [0.15, 0.2) is 12.2 Å². The minimum absolute atomic E-state index is 0.0284. The Morgan fingerprint density at radius 2 is 1.54 bits per heavy atom. The largest absolute Gasteiger partial charge is 0.494 e. The molecule has 2 rings (SSSR count). The SMILES string of the molecule is OCn1c(O)c2c(c1O)CC=CC2. The Balaban J connectivity index is 2.59. The second-order valence-electron chi connectivity index (χ2n) is 3.05. The number of aromatic nitrogens is 1. The lowest BCUT2D eigenvalue weighted by Gasteiger charge is -2.03. The fraction of sp³-hybridized carbons (Fsp3) is 0.333. The molecule has 70 valence electrons. The molecule has 0 saturated carbocycles. The van der Waals surface area contributed by atoms with Gasteiger partial charge in [0.05, 0.1) is 0 Å². The molecule has 0 aliphatic heterocycles. The Hall–Kier alpha value is -1.42. The zero-order chi connectivity index (χ0) is 9.42. The topological polar surface area (TPSA) is 65.6 Å². The first-order valence-electron chi connectivity index (χ1n) is 4.13. The van der Waals surface area contributed by atoms with E-state index in [0.717, 1.165) is 4.57 Å². The van der Waals surface area contributed by atoms with E-state index < -0.39 is 6.73 Å². The van der Waals surface area contributed by atoms with E-state index in [9.17, 15) is 10.2 Å². The van der Waals surface area contributed by atoms with Gasteiger partial charge in [-0.1, -0.05) is 12.2 Å². The van der Waals surface area contributed by atoms with Gasteiger partial charge in [0, 0.05) is 11.1 Å². The summed E-state index contributed by atoms with van der Waals surface area (Å²) in [5, 5.41) is 28.0. The summed E-state index contributed by atoms with van der Waals surface area (Å²) in [4.78, 5) is 0. The molecular formula is C9H11NO3. The van der Waals surface area contributed by atoms with Crippen molar-refractivity contribution in [3.8, 4) is 11.8 Å². The third-order valence-electron chi connectivity index (χ3n) is 2.37. The van der Waals surface area contributed by atoms with Crippen LogP contribution in [0.3, 0.4) is 0 Å². The smallest absolute Gasteiger partial charge is 0.199 e. The third-order valence-corrected chi connectivity index (χ3v) is 2.37. The minimum Gasteiger partial charge on any atom is -0.494 e. The Morgan fingerprint density at radius 3 is 1.92 bits per heavy atom. The maximum absolute atomic E-state index is 9.56. The molecule has 1 aliphatic rings. The summed E-state index contributed by atoms with van der Waals surface area (Å²) in [5.41, 5.74) is 1.43. The molecule has 1 aliphatic carbocycles. The second-order valence-corrected chi connectivity index (χ2v) is 3.05. The van der Waals surface area contributed by atoms with Gasteiger partial charge >= 0.3 is 0 Å². The van der Waals surface area contributed by atoms with E-state index in [0.29, 0.717) is 24.0 Å². The van der Waals surface area contributed by atoms with E-state index in [1.165, 1.54) is 0 Å². The summed E-state index contributed by atoms with van der Waals surface area (Å²) in [6, 6.07) is 0. The maximum atomic E-state index is 9.56. The minimum atomic E-state index is -0.398. The summed E-state index contributed by atoms with van der Waals surface area (Å²) < 4.78 is 1.09. The number of fused-ring (bicyclic) bond motifs is 1. The van der Waals surface area contributed by atoms with E-state index >= 15 is 0 Å². The number of allylic oxidation sites excluding steroid dienone is 2. The number of aromatic hydroxyl groups is 2. The van der Waals surface area contributed by atoms with Crippen molar-refractivity contribution in [2.24, 2.45) is 0 Å². The van der Waals surface area contributed by atoms with Crippen LogP contribution in [-0.4, -0.2) is 19.9 Å². The van der Waals surface area contributed by atoms with Crippen LogP contribution in [0.5, 0.6) is 11.8 Å². The molecule has 3 N–H and O–H groups in total. The Labute approximate surface area is 75.4 Å². The van der Waals surface area contributed by atoms with Gasteiger partial charge in [-0.3, -0.25) is 4.57 Å². The summed E-state index contributed by atoms with van der Waals surface area (Å²) in [6.45, 7) is -0.398. The van der Waals surface area contributed by atoms with E-state index in [1.807, 2.05) is 12.2 Å². The van der Waals surface area contributed by atoms with Gasteiger partial charge in [0.15, 0.2) is 11.8 Å². The molecule has 0 bridgehead atoms. The van der Waals surface area contributed by atoms with Gasteiger partial charge in [0.2, 0.25) is 0 Å². The maximum Gasteiger partial charge on any atom is 0.199 e. The van der Waals surface area contributed by atoms with Crippen LogP contribution in [-0.2, 0) is 19.6 Å². The first kappa shape index (κ1) is 8.19. The fourth-order valence-corrected chi connectivity index (χ4v) is 1.66. The summed E-state index contributed by atoms with van der Waals surface area (Å²) in [5.74, 6) is -0.0568. The van der Waals surface area contributed by atoms with Crippen molar-refractivity contribution in [1.29, 1.82) is 0 Å². The molecule has 0 radical (unpaired) electrons. The van der Waals surface area contributed by atoms with Crippen molar-refractivity contribution in [1.82, 2.24) is 4.57 Å². The van der Waals surface area contributed by atoms with Crippen molar-refractivity contribution >= 4 is 0 Å². The molecule has 4 nitrogen and oxygen atoms in total. The van der Waals surface area contributed by atoms with E-state index in [2.05, 4.69) is 0 Å². The summed E-state index contributed by atoms with van der Waals surface area (Å²) in [6.07, 6.45) is 5.09. The number of hydrogen-bond acceptors (Lipinski definition) is 3. The molecule has 0 fully saturated rings. The predicted molar refractivity (Wildman–Crippen MR) is 46.5 cm³/mol. The number of aliphatic hydroxyl groups is 1. The lowest BCUT2D eigenvalue weighted by molar-refractivity contribution is 0.182. The first-order valence-corrected chi connectivity index (χ1v) is 4.13. The van der Waals surface area contributed by atoms with Gasteiger partial charge in [-0.15, -0.1) is 0 Å². The van der Waals surface area contributed by atoms with Gasteiger partial charge in [-0.25, -0.2) is 0 Å². The molecule has 0 saturated heterocycles. The van der Waals surface area contributed by atoms with Crippen LogP contribution in [0.2, 0.25) is 0 Å². The summed E-state index contributed by atoms with van der Waals surface area (Å²) >= 11 is 0. The van der Waals surface area contributed by atoms with Gasteiger partial charge in [-0.05, 0) is 12.8 Å². The van der Waals surface area contributed by atoms with Crippen molar-refractivity contribution in [3.63, 3.8) is 0 Å². The zero-order valence-electron chi connectivity index (χ0n) is 7.06. The molecule has 1 aromatic rings. The fourth-order valence-electron chi connectivity index (χ4n) is 1.66. The van der Waals surface area contributed by atoms with E-state index in [4.69, 9.17) is 5.11 Å². The van der Waals surface area contributed by atoms with Gasteiger partial charge in [-0.2, -0.15) is 0 Å². The highest BCUT2D eigenvalue weighted by atomic mass is 16.3. The van der Waals surface area contributed by atoms with Crippen molar-refractivity contribution < 1.29 is 15.3 Å². The molecule has 13 heavy (non-hydrogen) atoms. The first-order chi connectivity index (χ1) is 6.25. The van der Waals surface area contributed by atoms with Gasteiger partial charge in [0.1, 0.15) is 6.73 Å². The summed E-state index contributed by atoms with van der Waals surface area (Å²) in [7, 11) is 0. The molecule has 0 spiro atoms. The van der Waals surface area contributed by atoms with Crippen LogP contribution >= 0.6 is 0 Å². The predicted octanol–water partition coefficient (Wildman–Crippen LogP) is 0.504. The van der Waals surface area contributed by atoms with Crippen LogP contribution in [0.1, 0.15) is 11.1 Å². The average Bonchev–Trinajstić information content (AvgIpc) is 2.41. The number of hydrogen-bond donors (Lipinski definition) is 3. The van der Waals surface area contributed by atoms with Crippen LogP contribution in [0, 0.1) is 0 Å². The monoisotopic (exact) mass is 181 g/mol. The Morgan fingerprint density at radius 1 is 1.08 bits per heavy atom. The normalized spacial score (nSPS) is 14.5. The third kappa shape index (κ3) is 1.02. The molecule has 1 heterocycles. The molecule has 0 atom stereocenters. The van der Waals surface area contributed by atoms with E-state index in [-0.39, 0.29) is 11.8 Å². The van der Waals surface area contributed by atoms with Crippen molar-refractivity contribution in [2.75, 3.05) is 0 Å². The Kier molecular flexibility index (Phi) is 1.77. The molecule has 0 amide bonds. The van der Waals surface area contributed by atoms with Gasteiger partial charge < -0.3 is 15.3 Å². The van der Waals surface area contributed by atoms with Crippen molar-refractivity contribution in [2.45, 2.75) is 19.6 Å². The number of rotatable bonds is 1. The van der Waals surface area contributed by atoms with Gasteiger partial charge in [0.25, 0.3) is 0 Å². The Bertz CT molecular complexity index is 334. The van der Waals surface area contributed by atoms with E-state index in [1.54, 1.807) is 0 Å². The molecule has 1 aromatic heterocycles. The number of aliphatic hydroxyl groups excluding tert-OH is 1. The molecule has 0 aromatic carbocycles. The zero-order valence-corrected chi connectivity index (χ0v) is 7.06. The highest BCUT2D eigenvalue weighted by Crippen LogP contribution is 2.36. The molecular weight excluding hydrogens is 170 g/mol. The average molecular weight is 181 g/mol.